The molecule has 12 heteroatoms. The maximum atomic E-state index is 13.2. The van der Waals surface area contributed by atoms with Crippen LogP contribution in [0.15, 0.2) is 87.7 Å². The second-order valence-corrected chi connectivity index (χ2v) is 11.4. The van der Waals surface area contributed by atoms with Crippen molar-refractivity contribution in [3.63, 3.8) is 0 Å². The van der Waals surface area contributed by atoms with Crippen LogP contribution in [0.3, 0.4) is 0 Å². The maximum Gasteiger partial charge on any atom is 0.335 e. The molecule has 0 fully saturated rings. The number of allylic oxidation sites excluding steroid dienone is 4. The van der Waals surface area contributed by atoms with Gasteiger partial charge >= 0.3 is 5.97 Å². The zero-order valence-electron chi connectivity index (χ0n) is 21.6. The number of benzene rings is 2. The van der Waals surface area contributed by atoms with Gasteiger partial charge in [-0.1, -0.05) is 65.6 Å². The highest BCUT2D eigenvalue weighted by molar-refractivity contribution is 8.01. The average Bonchev–Trinajstić information content (AvgIpc) is 3.44. The number of nitrogens with zero attached hydrogens (tertiary/aromatic N) is 4. The summed E-state index contributed by atoms with van der Waals surface area (Å²) in [5.74, 6) is -1.67. The first-order chi connectivity index (χ1) is 19.9. The number of carbonyl (C=O) groups is 3. The predicted octanol–water partition coefficient (Wildman–Crippen LogP) is 4.82. The van der Waals surface area contributed by atoms with E-state index in [2.05, 4.69) is 21.6 Å². The molecular formula is C29H24N6O4S2. The fraction of sp³-hybridized carbons (Fsp3) is 0.172. The monoisotopic (exact) mass is 584 g/mol. The van der Waals surface area contributed by atoms with E-state index in [1.165, 1.54) is 47.4 Å². The Hall–Kier alpha value is -4.73. The van der Waals surface area contributed by atoms with Gasteiger partial charge in [-0.25, -0.2) is 4.79 Å². The third-order valence-electron chi connectivity index (χ3n) is 6.57. The zero-order chi connectivity index (χ0) is 28.9. The minimum absolute atomic E-state index is 0.0219. The van der Waals surface area contributed by atoms with E-state index < -0.39 is 11.9 Å². The highest BCUT2D eigenvalue weighted by Crippen LogP contribution is 2.44. The summed E-state index contributed by atoms with van der Waals surface area (Å²) < 4.78 is 0.512. The third-order valence-corrected chi connectivity index (χ3v) is 8.61. The lowest BCUT2D eigenvalue weighted by Crippen LogP contribution is -2.39. The molecule has 0 bridgehead atoms. The van der Waals surface area contributed by atoms with Gasteiger partial charge in [0.25, 0.3) is 0 Å². The lowest BCUT2D eigenvalue weighted by Gasteiger charge is -2.37. The molecule has 1 unspecified atom stereocenters. The molecule has 4 N–H and O–H groups in total. The number of hydrogen-bond acceptors (Lipinski definition) is 10. The standard InChI is InChI=1S/C29H24N6O4S2/c30-15-21-20(14-9-17-5-2-1-3-6-17)25-22(7-4-8-23(25)36)35(26(21)31)28-33-34-29(41-28)40-16-24(37)32-19-12-10-18(11-13-19)27(38)39/h1-3,5-6,9-14,20H,4,7-8,16,31H2,(H,32,37)(H,38,39)/b14-9+. The van der Waals surface area contributed by atoms with Crippen LogP contribution < -0.4 is 16.0 Å². The van der Waals surface area contributed by atoms with Gasteiger partial charge < -0.3 is 16.2 Å². The molecular weight excluding hydrogens is 560 g/mol. The van der Waals surface area contributed by atoms with E-state index in [9.17, 15) is 19.6 Å². The van der Waals surface area contributed by atoms with Crippen LogP contribution in [-0.4, -0.2) is 38.7 Å². The van der Waals surface area contributed by atoms with Crippen molar-refractivity contribution < 1.29 is 19.5 Å². The van der Waals surface area contributed by atoms with Crippen molar-refractivity contribution in [2.24, 2.45) is 11.7 Å². The van der Waals surface area contributed by atoms with E-state index >= 15 is 0 Å². The molecule has 1 atom stereocenters. The maximum absolute atomic E-state index is 13.2. The average molecular weight is 585 g/mol. The van der Waals surface area contributed by atoms with Crippen molar-refractivity contribution >= 4 is 57.7 Å². The molecule has 1 aromatic heterocycles. The summed E-state index contributed by atoms with van der Waals surface area (Å²) in [5.41, 5.74) is 9.64. The van der Waals surface area contributed by atoms with Crippen LogP contribution in [0.2, 0.25) is 0 Å². The van der Waals surface area contributed by atoms with Crippen molar-refractivity contribution in [3.05, 3.63) is 94.5 Å². The molecule has 2 heterocycles. The minimum atomic E-state index is -1.05. The Morgan fingerprint density at radius 1 is 1.17 bits per heavy atom. The van der Waals surface area contributed by atoms with Gasteiger partial charge in [-0.3, -0.25) is 14.5 Å². The minimum Gasteiger partial charge on any atom is -0.478 e. The number of rotatable bonds is 8. The fourth-order valence-electron chi connectivity index (χ4n) is 4.68. The largest absolute Gasteiger partial charge is 0.478 e. The third kappa shape index (κ3) is 6.06. The highest BCUT2D eigenvalue weighted by atomic mass is 32.2. The Bertz CT molecular complexity index is 1640. The number of aromatic nitrogens is 2. The summed E-state index contributed by atoms with van der Waals surface area (Å²) >= 11 is 2.39. The number of aromatic carboxylic acids is 1. The quantitative estimate of drug-likeness (QED) is 0.313. The number of hydrogen-bond donors (Lipinski definition) is 3. The fourth-order valence-corrected chi connectivity index (χ4v) is 6.36. The first-order valence-corrected chi connectivity index (χ1v) is 14.4. The molecule has 0 saturated carbocycles. The number of nitrogens with one attached hydrogen (secondary N) is 1. The number of amides is 1. The molecule has 1 amide bonds. The second-order valence-electron chi connectivity index (χ2n) is 9.20. The van der Waals surface area contributed by atoms with Crippen LogP contribution in [0, 0.1) is 17.2 Å². The number of carboxylic acids is 1. The molecule has 10 nitrogen and oxygen atoms in total. The van der Waals surface area contributed by atoms with Crippen molar-refractivity contribution in [2.45, 2.75) is 23.6 Å². The molecule has 2 aromatic carbocycles. The van der Waals surface area contributed by atoms with Crippen LogP contribution in [0.1, 0.15) is 35.2 Å². The van der Waals surface area contributed by atoms with E-state index in [1.807, 2.05) is 42.5 Å². The van der Waals surface area contributed by atoms with Crippen molar-refractivity contribution in [1.29, 1.82) is 5.26 Å². The van der Waals surface area contributed by atoms with Gasteiger partial charge in [0, 0.05) is 29.3 Å². The van der Waals surface area contributed by atoms with E-state index in [0.717, 1.165) is 11.3 Å². The predicted molar refractivity (Wildman–Crippen MR) is 157 cm³/mol. The number of ketones is 1. The zero-order valence-corrected chi connectivity index (χ0v) is 23.2. The van der Waals surface area contributed by atoms with Gasteiger partial charge in [0.15, 0.2) is 10.1 Å². The molecule has 3 aromatic rings. The van der Waals surface area contributed by atoms with Gasteiger partial charge in [0.05, 0.1) is 23.0 Å². The van der Waals surface area contributed by atoms with E-state index in [-0.39, 0.29) is 34.4 Å². The van der Waals surface area contributed by atoms with Gasteiger partial charge in [0.1, 0.15) is 5.82 Å². The Labute approximate surface area is 243 Å². The Morgan fingerprint density at radius 3 is 2.63 bits per heavy atom. The SMILES string of the molecule is N#CC1=C(N)N(c2nnc(SCC(=O)Nc3ccc(C(=O)O)cc3)s2)C2=C(C(=O)CCC2)C1/C=C/c1ccccc1. The summed E-state index contributed by atoms with van der Waals surface area (Å²) in [6.07, 6.45) is 5.40. The lowest BCUT2D eigenvalue weighted by molar-refractivity contribution is -0.116. The highest BCUT2D eigenvalue weighted by Gasteiger charge is 2.39. The van der Waals surface area contributed by atoms with Crippen LogP contribution in [0.4, 0.5) is 10.8 Å². The summed E-state index contributed by atoms with van der Waals surface area (Å²) in [5, 5.41) is 30.7. The summed E-state index contributed by atoms with van der Waals surface area (Å²) in [6.45, 7) is 0. The number of nitrogens with two attached hydrogens (primary N) is 1. The van der Waals surface area contributed by atoms with Crippen LogP contribution in [0.5, 0.6) is 0 Å². The van der Waals surface area contributed by atoms with Crippen molar-refractivity contribution in [1.82, 2.24) is 10.2 Å². The number of nitriles is 1. The van der Waals surface area contributed by atoms with Gasteiger partial charge in [-0.15, -0.1) is 10.2 Å². The Balaban J connectivity index is 1.35. The molecule has 0 radical (unpaired) electrons. The van der Waals surface area contributed by atoms with Gasteiger partial charge in [-0.2, -0.15) is 5.26 Å². The number of Topliss-reactive ketones (excluding diaryl/α,β-unsaturated/α-hetero) is 1. The lowest BCUT2D eigenvalue weighted by atomic mass is 9.79. The van der Waals surface area contributed by atoms with E-state index in [0.29, 0.717) is 40.0 Å². The molecule has 1 aliphatic carbocycles. The Kier molecular flexibility index (Phi) is 8.28. The summed E-state index contributed by atoms with van der Waals surface area (Å²) in [7, 11) is 0. The molecule has 41 heavy (non-hydrogen) atoms. The van der Waals surface area contributed by atoms with E-state index in [1.54, 1.807) is 4.90 Å². The smallest absolute Gasteiger partial charge is 0.335 e. The van der Waals surface area contributed by atoms with Crippen molar-refractivity contribution in [2.75, 3.05) is 16.0 Å². The molecule has 1 aliphatic heterocycles. The van der Waals surface area contributed by atoms with E-state index in [4.69, 9.17) is 10.8 Å². The van der Waals surface area contributed by atoms with Crippen LogP contribution >= 0.6 is 23.1 Å². The first-order valence-electron chi connectivity index (χ1n) is 12.6. The molecule has 5 rings (SSSR count). The molecule has 0 spiro atoms. The van der Waals surface area contributed by atoms with Crippen LogP contribution in [-0.2, 0) is 9.59 Å². The molecule has 206 valence electrons. The molecule has 2 aliphatic rings. The number of anilines is 2. The van der Waals surface area contributed by atoms with Gasteiger partial charge in [-0.05, 0) is 42.7 Å². The topological polar surface area (TPSA) is 162 Å². The second kappa shape index (κ2) is 12.2. The first kappa shape index (κ1) is 27.8. The van der Waals surface area contributed by atoms with Crippen LogP contribution in [0.25, 0.3) is 6.08 Å². The van der Waals surface area contributed by atoms with Gasteiger partial charge in [0.2, 0.25) is 11.0 Å². The summed E-state index contributed by atoms with van der Waals surface area (Å²) in [4.78, 5) is 38.3. The number of thioether (sulfide) groups is 1. The van der Waals surface area contributed by atoms with Crippen molar-refractivity contribution in [3.8, 4) is 6.07 Å². The Morgan fingerprint density at radius 2 is 1.93 bits per heavy atom. The number of carboxylic acid groups (broad SMARTS) is 1. The summed E-state index contributed by atoms with van der Waals surface area (Å²) in [6, 6.07) is 17.7. The molecule has 0 saturated heterocycles. The number of carbonyl (C=O) groups excluding carboxylic acids is 2. The normalized spacial score (nSPS) is 17.0.